The zero-order valence-corrected chi connectivity index (χ0v) is 16.3. The molecule has 1 aromatic heterocycles. The topological polar surface area (TPSA) is 59.5 Å². The fourth-order valence-corrected chi connectivity index (χ4v) is 4.99. The van der Waals surface area contributed by atoms with Gasteiger partial charge in [0.15, 0.2) is 0 Å². The van der Waals surface area contributed by atoms with Crippen LogP contribution >= 0.6 is 23.2 Å². The molecule has 0 bridgehead atoms. The van der Waals surface area contributed by atoms with E-state index in [0.29, 0.717) is 32.7 Å². The molecule has 0 atom stereocenters. The Labute approximate surface area is 167 Å². The van der Waals surface area contributed by atoms with Gasteiger partial charge in [-0.3, -0.25) is 4.98 Å². The predicted octanol–water partition coefficient (Wildman–Crippen LogP) is 4.89. The van der Waals surface area contributed by atoms with Crippen molar-refractivity contribution in [3.63, 3.8) is 0 Å². The Morgan fingerprint density at radius 2 is 1.93 bits per heavy atom. The first-order chi connectivity index (χ1) is 12.9. The van der Waals surface area contributed by atoms with Crippen molar-refractivity contribution < 1.29 is 13.2 Å². The molecule has 1 aliphatic rings. The first-order valence-electron chi connectivity index (χ1n) is 8.08. The van der Waals surface area contributed by atoms with Gasteiger partial charge in [-0.2, -0.15) is 4.31 Å². The van der Waals surface area contributed by atoms with E-state index in [-0.39, 0.29) is 18.0 Å². The highest BCUT2D eigenvalue weighted by Crippen LogP contribution is 2.36. The van der Waals surface area contributed by atoms with E-state index in [1.165, 1.54) is 4.31 Å². The summed E-state index contributed by atoms with van der Waals surface area (Å²) in [6.45, 7) is 0.423. The lowest BCUT2D eigenvalue weighted by Gasteiger charge is -2.15. The van der Waals surface area contributed by atoms with Crippen molar-refractivity contribution in [2.24, 2.45) is 0 Å². The number of hydrogen-bond acceptors (Lipinski definition) is 4. The van der Waals surface area contributed by atoms with Crippen molar-refractivity contribution >= 4 is 33.2 Å². The van der Waals surface area contributed by atoms with Crippen molar-refractivity contribution in [3.8, 4) is 11.5 Å². The number of benzene rings is 2. The average Bonchev–Trinajstić information content (AvgIpc) is 2.88. The van der Waals surface area contributed by atoms with Crippen molar-refractivity contribution in [1.29, 1.82) is 0 Å². The van der Waals surface area contributed by atoms with Crippen LogP contribution in [0.2, 0.25) is 10.0 Å². The molecule has 0 saturated carbocycles. The number of halogens is 2. The maximum atomic E-state index is 12.8. The summed E-state index contributed by atoms with van der Waals surface area (Å²) in [5.74, 6) is 1.14. The summed E-state index contributed by atoms with van der Waals surface area (Å²) >= 11 is 12.1. The summed E-state index contributed by atoms with van der Waals surface area (Å²) in [6.07, 6.45) is 3.25. The van der Waals surface area contributed by atoms with Gasteiger partial charge in [0, 0.05) is 29.3 Å². The van der Waals surface area contributed by atoms with E-state index in [0.717, 1.165) is 0 Å². The zero-order valence-electron chi connectivity index (χ0n) is 14.0. The Balaban J connectivity index is 1.60. The number of pyridine rings is 1. The van der Waals surface area contributed by atoms with Crippen LogP contribution in [0.1, 0.15) is 11.1 Å². The molecule has 0 spiro atoms. The molecule has 3 aromatic rings. The highest BCUT2D eigenvalue weighted by Gasteiger charge is 2.35. The molecule has 4 rings (SSSR count). The Kier molecular flexibility index (Phi) is 4.82. The van der Waals surface area contributed by atoms with Crippen LogP contribution in [0.4, 0.5) is 0 Å². The van der Waals surface area contributed by atoms with Gasteiger partial charge in [-0.1, -0.05) is 29.3 Å². The van der Waals surface area contributed by atoms with Gasteiger partial charge in [0.2, 0.25) is 10.0 Å². The van der Waals surface area contributed by atoms with Crippen molar-refractivity contribution in [3.05, 3.63) is 82.1 Å². The lowest BCUT2D eigenvalue weighted by Crippen LogP contribution is -2.23. The standard InChI is InChI=1S/C19H14Cl2N2O3S/c20-15-4-3-13(18(21)9-15)11-23-12-14-8-16(5-6-19(14)27(23,24)25)26-17-2-1-7-22-10-17/h1-10H,11-12H2. The number of rotatable bonds is 4. The summed E-state index contributed by atoms with van der Waals surface area (Å²) in [4.78, 5) is 4.28. The van der Waals surface area contributed by atoms with Gasteiger partial charge in [0.1, 0.15) is 11.5 Å². The van der Waals surface area contributed by atoms with E-state index in [1.54, 1.807) is 60.9 Å². The van der Waals surface area contributed by atoms with Crippen molar-refractivity contribution in [2.75, 3.05) is 0 Å². The van der Waals surface area contributed by atoms with E-state index in [1.807, 2.05) is 0 Å². The molecule has 27 heavy (non-hydrogen) atoms. The first kappa shape index (κ1) is 18.3. The monoisotopic (exact) mass is 420 g/mol. The second-order valence-electron chi connectivity index (χ2n) is 6.07. The van der Waals surface area contributed by atoms with Gasteiger partial charge < -0.3 is 4.74 Å². The summed E-state index contributed by atoms with van der Waals surface area (Å²) in [5.41, 5.74) is 1.38. The maximum absolute atomic E-state index is 12.8. The van der Waals surface area contributed by atoms with E-state index in [4.69, 9.17) is 27.9 Å². The van der Waals surface area contributed by atoms with Crippen LogP contribution < -0.4 is 4.74 Å². The normalized spacial score (nSPS) is 15.5. The summed E-state index contributed by atoms with van der Waals surface area (Å²) in [5, 5.41) is 0.947. The van der Waals surface area contributed by atoms with Crippen molar-refractivity contribution in [2.45, 2.75) is 18.0 Å². The number of hydrogen-bond donors (Lipinski definition) is 0. The third-order valence-corrected chi connectivity index (χ3v) is 6.71. The minimum absolute atomic E-state index is 0.172. The van der Waals surface area contributed by atoms with Crippen LogP contribution in [-0.2, 0) is 23.1 Å². The molecule has 0 fully saturated rings. The van der Waals surface area contributed by atoms with Gasteiger partial charge >= 0.3 is 0 Å². The number of ether oxygens (including phenoxy) is 1. The van der Waals surface area contributed by atoms with E-state index in [2.05, 4.69) is 4.98 Å². The molecule has 0 amide bonds. The van der Waals surface area contributed by atoms with E-state index < -0.39 is 10.0 Å². The third kappa shape index (κ3) is 3.66. The van der Waals surface area contributed by atoms with Crippen molar-refractivity contribution in [1.82, 2.24) is 9.29 Å². The highest BCUT2D eigenvalue weighted by molar-refractivity contribution is 7.89. The van der Waals surface area contributed by atoms with Crippen LogP contribution in [0.15, 0.2) is 65.8 Å². The summed E-state index contributed by atoms with van der Waals surface area (Å²) in [6, 6.07) is 13.5. The third-order valence-electron chi connectivity index (χ3n) is 4.23. The molecule has 138 valence electrons. The average molecular weight is 421 g/mol. The fourth-order valence-electron chi connectivity index (χ4n) is 2.93. The first-order valence-corrected chi connectivity index (χ1v) is 10.3. The second kappa shape index (κ2) is 7.13. The maximum Gasteiger partial charge on any atom is 0.244 e. The molecule has 0 radical (unpaired) electrons. The Bertz CT molecular complexity index is 1110. The number of sulfonamides is 1. The van der Waals surface area contributed by atoms with Gasteiger partial charge in [0.05, 0.1) is 11.1 Å². The van der Waals surface area contributed by atoms with E-state index >= 15 is 0 Å². The molecule has 2 heterocycles. The number of fused-ring (bicyclic) bond motifs is 1. The van der Waals surface area contributed by atoms with Crippen LogP contribution in [0, 0.1) is 0 Å². The minimum atomic E-state index is -3.59. The van der Waals surface area contributed by atoms with Gasteiger partial charge in [-0.25, -0.2) is 8.42 Å². The second-order valence-corrected chi connectivity index (χ2v) is 8.82. The molecular formula is C19H14Cl2N2O3S. The number of nitrogens with zero attached hydrogens (tertiary/aromatic N) is 2. The molecule has 0 aliphatic carbocycles. The molecule has 0 N–H and O–H groups in total. The Morgan fingerprint density at radius 3 is 2.67 bits per heavy atom. The molecule has 5 nitrogen and oxygen atoms in total. The van der Waals surface area contributed by atoms with E-state index in [9.17, 15) is 8.42 Å². The quantitative estimate of drug-likeness (QED) is 0.602. The molecule has 0 saturated heterocycles. The SMILES string of the molecule is O=S1(=O)c2ccc(Oc3cccnc3)cc2CN1Cc1ccc(Cl)cc1Cl. The predicted molar refractivity (Wildman–Crippen MR) is 104 cm³/mol. The molecule has 8 heteroatoms. The largest absolute Gasteiger partial charge is 0.456 e. The van der Waals surface area contributed by atoms with Crippen LogP contribution in [-0.4, -0.2) is 17.7 Å². The van der Waals surface area contributed by atoms with Crippen LogP contribution in [0.3, 0.4) is 0 Å². The smallest absolute Gasteiger partial charge is 0.244 e. The number of aromatic nitrogens is 1. The minimum Gasteiger partial charge on any atom is -0.456 e. The Morgan fingerprint density at radius 1 is 1.07 bits per heavy atom. The van der Waals surface area contributed by atoms with Gasteiger partial charge in [-0.05, 0) is 53.6 Å². The Hall–Kier alpha value is -2.12. The highest BCUT2D eigenvalue weighted by atomic mass is 35.5. The van der Waals surface area contributed by atoms with Gasteiger partial charge in [-0.15, -0.1) is 0 Å². The lowest BCUT2D eigenvalue weighted by molar-refractivity contribution is 0.419. The molecular weight excluding hydrogens is 407 g/mol. The lowest BCUT2D eigenvalue weighted by atomic mass is 10.2. The van der Waals surface area contributed by atoms with Crippen LogP contribution in [0.25, 0.3) is 0 Å². The zero-order chi connectivity index (χ0) is 19.0. The van der Waals surface area contributed by atoms with Crippen LogP contribution in [0.5, 0.6) is 11.5 Å². The van der Waals surface area contributed by atoms with Gasteiger partial charge in [0.25, 0.3) is 0 Å². The fraction of sp³-hybridized carbons (Fsp3) is 0.105. The summed E-state index contributed by atoms with van der Waals surface area (Å²) < 4.78 is 32.8. The molecule has 1 aliphatic heterocycles. The molecule has 0 unspecified atom stereocenters. The summed E-state index contributed by atoms with van der Waals surface area (Å²) in [7, 11) is -3.59. The molecule has 2 aromatic carbocycles.